The third kappa shape index (κ3) is 3.79. The number of sulfone groups is 1. The van der Waals surface area contributed by atoms with Gasteiger partial charge in [0.15, 0.2) is 9.84 Å². The highest BCUT2D eigenvalue weighted by Crippen LogP contribution is 2.28. The molecule has 2 aromatic rings. The highest BCUT2D eigenvalue weighted by Gasteiger charge is 2.31. The van der Waals surface area contributed by atoms with Crippen molar-refractivity contribution in [2.45, 2.75) is 19.0 Å². The van der Waals surface area contributed by atoms with E-state index in [2.05, 4.69) is 5.10 Å². The summed E-state index contributed by atoms with van der Waals surface area (Å²) < 4.78 is 40.0. The number of nitrogens with zero attached hydrogens (tertiary/aromatic N) is 3. The van der Waals surface area contributed by atoms with Crippen LogP contribution in [-0.4, -0.2) is 41.1 Å². The van der Waals surface area contributed by atoms with Gasteiger partial charge in [-0.25, -0.2) is 12.8 Å². The van der Waals surface area contributed by atoms with Gasteiger partial charge in [0.2, 0.25) is 0 Å². The second-order valence-electron chi connectivity index (χ2n) is 5.99. The fraction of sp³-hybridized carbons (Fsp3) is 0.438. The van der Waals surface area contributed by atoms with E-state index in [-0.39, 0.29) is 23.4 Å². The van der Waals surface area contributed by atoms with Crippen molar-refractivity contribution in [2.75, 3.05) is 18.1 Å². The SMILES string of the molecule is Cn1cc(C2CS(=O)(=O)CCCN2Cc2ccccc2F)cn1. The second kappa shape index (κ2) is 6.41. The van der Waals surface area contributed by atoms with Crippen LogP contribution in [0.4, 0.5) is 4.39 Å². The summed E-state index contributed by atoms with van der Waals surface area (Å²) in [5.74, 6) is -0.0328. The van der Waals surface area contributed by atoms with Gasteiger partial charge in [-0.3, -0.25) is 9.58 Å². The molecule has 5 nitrogen and oxygen atoms in total. The van der Waals surface area contributed by atoms with Gasteiger partial charge in [-0.1, -0.05) is 18.2 Å². The summed E-state index contributed by atoms with van der Waals surface area (Å²) in [5.41, 5.74) is 1.44. The van der Waals surface area contributed by atoms with Gasteiger partial charge < -0.3 is 0 Å². The van der Waals surface area contributed by atoms with Crippen LogP contribution in [0.1, 0.15) is 23.6 Å². The molecular formula is C16H20FN3O2S. The predicted molar refractivity (Wildman–Crippen MR) is 86.0 cm³/mol. The number of rotatable bonds is 3. The smallest absolute Gasteiger partial charge is 0.152 e. The monoisotopic (exact) mass is 337 g/mol. The highest BCUT2D eigenvalue weighted by atomic mass is 32.2. The first-order valence-corrected chi connectivity index (χ1v) is 9.43. The van der Waals surface area contributed by atoms with E-state index in [1.165, 1.54) is 6.07 Å². The molecule has 0 spiro atoms. The standard InChI is InChI=1S/C16H20FN3O2S/c1-19-10-14(9-18-19)16-12-23(21,22)8-4-7-20(16)11-13-5-2-3-6-15(13)17/h2-3,5-6,9-10,16H,4,7-8,11-12H2,1H3. The highest BCUT2D eigenvalue weighted by molar-refractivity contribution is 7.91. The molecule has 0 amide bonds. The first-order chi connectivity index (χ1) is 10.9. The zero-order valence-electron chi connectivity index (χ0n) is 13.0. The Bertz CT molecular complexity index is 788. The summed E-state index contributed by atoms with van der Waals surface area (Å²) in [5, 5.41) is 4.15. The Kier molecular flexibility index (Phi) is 4.50. The quantitative estimate of drug-likeness (QED) is 0.859. The summed E-state index contributed by atoms with van der Waals surface area (Å²) in [7, 11) is -1.31. The molecule has 2 heterocycles. The van der Waals surface area contributed by atoms with Crippen LogP contribution in [0.15, 0.2) is 36.7 Å². The lowest BCUT2D eigenvalue weighted by molar-refractivity contribution is 0.206. The lowest BCUT2D eigenvalue weighted by Gasteiger charge is -2.28. The Morgan fingerprint density at radius 2 is 2.13 bits per heavy atom. The Labute approximate surface area is 135 Å². The molecule has 23 heavy (non-hydrogen) atoms. The fourth-order valence-corrected chi connectivity index (χ4v) is 4.65. The number of benzene rings is 1. The van der Waals surface area contributed by atoms with Crippen molar-refractivity contribution in [1.82, 2.24) is 14.7 Å². The van der Waals surface area contributed by atoms with E-state index < -0.39 is 9.84 Å². The number of aryl methyl sites for hydroxylation is 1. The Hall–Kier alpha value is -1.73. The van der Waals surface area contributed by atoms with Crippen molar-refractivity contribution in [3.63, 3.8) is 0 Å². The molecule has 0 bridgehead atoms. The van der Waals surface area contributed by atoms with Gasteiger partial charge in [0, 0.05) is 37.5 Å². The molecule has 1 aliphatic heterocycles. The Morgan fingerprint density at radius 3 is 2.83 bits per heavy atom. The summed E-state index contributed by atoms with van der Waals surface area (Å²) in [6, 6.07) is 6.34. The van der Waals surface area contributed by atoms with Gasteiger partial charge in [-0.2, -0.15) is 5.10 Å². The molecule has 1 fully saturated rings. The number of halogens is 1. The molecule has 1 saturated heterocycles. The molecule has 1 aromatic carbocycles. The van der Waals surface area contributed by atoms with Crippen molar-refractivity contribution >= 4 is 9.84 Å². The zero-order valence-corrected chi connectivity index (χ0v) is 13.8. The van der Waals surface area contributed by atoms with Crippen molar-refractivity contribution in [3.8, 4) is 0 Å². The molecule has 1 unspecified atom stereocenters. The third-order valence-electron chi connectivity index (χ3n) is 4.19. The summed E-state index contributed by atoms with van der Waals surface area (Å²) in [6.45, 7) is 1.01. The summed E-state index contributed by atoms with van der Waals surface area (Å²) >= 11 is 0. The van der Waals surface area contributed by atoms with Gasteiger partial charge in [-0.05, 0) is 12.5 Å². The molecule has 0 saturated carbocycles. The first kappa shape index (κ1) is 16.1. The first-order valence-electron chi connectivity index (χ1n) is 7.61. The Morgan fingerprint density at radius 1 is 1.35 bits per heavy atom. The molecule has 1 aliphatic rings. The van der Waals surface area contributed by atoms with Crippen LogP contribution in [0.5, 0.6) is 0 Å². The lowest BCUT2D eigenvalue weighted by Crippen LogP contribution is -2.31. The van der Waals surface area contributed by atoms with E-state index in [1.807, 2.05) is 11.1 Å². The van der Waals surface area contributed by atoms with Crippen LogP contribution in [0.2, 0.25) is 0 Å². The van der Waals surface area contributed by atoms with Crippen molar-refractivity contribution in [2.24, 2.45) is 7.05 Å². The van der Waals surface area contributed by atoms with Crippen LogP contribution in [-0.2, 0) is 23.4 Å². The third-order valence-corrected chi connectivity index (χ3v) is 5.93. The molecule has 0 aliphatic carbocycles. The summed E-state index contributed by atoms with van der Waals surface area (Å²) in [4.78, 5) is 2.04. The molecule has 0 radical (unpaired) electrons. The topological polar surface area (TPSA) is 55.2 Å². The van der Waals surface area contributed by atoms with Gasteiger partial charge in [0.1, 0.15) is 5.82 Å². The maximum atomic E-state index is 14.0. The van der Waals surface area contributed by atoms with Crippen molar-refractivity contribution < 1.29 is 12.8 Å². The van der Waals surface area contributed by atoms with Gasteiger partial charge in [0.25, 0.3) is 0 Å². The van der Waals surface area contributed by atoms with E-state index >= 15 is 0 Å². The normalized spacial score (nSPS) is 21.9. The molecule has 3 rings (SSSR count). The van der Waals surface area contributed by atoms with E-state index in [0.717, 1.165) is 5.56 Å². The van der Waals surface area contributed by atoms with Crippen LogP contribution < -0.4 is 0 Å². The molecule has 1 atom stereocenters. The molecule has 0 N–H and O–H groups in total. The largest absolute Gasteiger partial charge is 0.291 e. The van der Waals surface area contributed by atoms with Crippen molar-refractivity contribution in [3.05, 3.63) is 53.6 Å². The molecule has 7 heteroatoms. The zero-order chi connectivity index (χ0) is 16.4. The van der Waals surface area contributed by atoms with Crippen LogP contribution >= 0.6 is 0 Å². The second-order valence-corrected chi connectivity index (χ2v) is 8.22. The lowest BCUT2D eigenvalue weighted by atomic mass is 10.1. The maximum absolute atomic E-state index is 14.0. The molecule has 1 aromatic heterocycles. The van der Waals surface area contributed by atoms with Crippen LogP contribution in [0.3, 0.4) is 0 Å². The minimum atomic E-state index is -3.12. The number of hydrogen-bond donors (Lipinski definition) is 0. The van der Waals surface area contributed by atoms with Gasteiger partial charge >= 0.3 is 0 Å². The molecular weight excluding hydrogens is 317 g/mol. The van der Waals surface area contributed by atoms with Crippen LogP contribution in [0, 0.1) is 5.82 Å². The Balaban J connectivity index is 1.93. The average molecular weight is 337 g/mol. The number of aromatic nitrogens is 2. The number of hydrogen-bond acceptors (Lipinski definition) is 4. The van der Waals surface area contributed by atoms with Gasteiger partial charge in [0.05, 0.1) is 23.7 Å². The van der Waals surface area contributed by atoms with E-state index in [1.54, 1.807) is 36.1 Å². The van der Waals surface area contributed by atoms with E-state index in [0.29, 0.717) is 25.1 Å². The van der Waals surface area contributed by atoms with E-state index in [4.69, 9.17) is 0 Å². The van der Waals surface area contributed by atoms with Crippen molar-refractivity contribution in [1.29, 1.82) is 0 Å². The van der Waals surface area contributed by atoms with E-state index in [9.17, 15) is 12.8 Å². The maximum Gasteiger partial charge on any atom is 0.152 e. The fourth-order valence-electron chi connectivity index (χ4n) is 3.03. The predicted octanol–water partition coefficient (Wildman–Crippen LogP) is 1.92. The minimum absolute atomic E-state index is 0.0488. The van der Waals surface area contributed by atoms with Gasteiger partial charge in [-0.15, -0.1) is 0 Å². The van der Waals surface area contributed by atoms with Crippen LogP contribution in [0.25, 0.3) is 0 Å². The minimum Gasteiger partial charge on any atom is -0.291 e. The average Bonchev–Trinajstić information content (AvgIpc) is 2.86. The molecule has 124 valence electrons. The summed E-state index contributed by atoms with van der Waals surface area (Å²) in [6.07, 6.45) is 4.09.